The monoisotopic (exact) mass is 414 g/mol. The second-order valence-corrected chi connectivity index (χ2v) is 7.16. The largest absolute Gasteiger partial charge is 0.493 e. The second-order valence-electron chi connectivity index (χ2n) is 4.95. The van der Waals surface area contributed by atoms with E-state index in [9.17, 15) is 0 Å². The minimum absolute atomic E-state index is 0.0832. The molecule has 3 rings (SSSR count). The Kier molecular flexibility index (Phi) is 4.11. The Hall–Kier alpha value is -0.510. The molecule has 0 radical (unpaired) electrons. The number of rotatable bonds is 2. The summed E-state index contributed by atoms with van der Waals surface area (Å²) < 4.78 is 6.90. The van der Waals surface area contributed by atoms with E-state index in [1.165, 1.54) is 16.7 Å². The number of hydrogen-bond acceptors (Lipinski definition) is 1. The Morgan fingerprint density at radius 2 is 2.05 bits per heavy atom. The first-order chi connectivity index (χ1) is 9.56. The standard InChI is InChI=1S/C16H13Br2ClO/c1-9-6-10(2-3-14(9)17)15(18)13-8-12(19)7-11-4-5-20-16(11)13/h2-3,6-8,15H,4-5H2,1H3. The molecule has 0 saturated heterocycles. The number of aryl methyl sites for hydroxylation is 1. The molecule has 2 aromatic carbocycles. The van der Waals surface area contributed by atoms with Gasteiger partial charge in [0.2, 0.25) is 0 Å². The molecule has 1 nitrogen and oxygen atoms in total. The topological polar surface area (TPSA) is 9.23 Å². The molecule has 20 heavy (non-hydrogen) atoms. The molecule has 0 N–H and O–H groups in total. The lowest BCUT2D eigenvalue weighted by atomic mass is 10.00. The van der Waals surface area contributed by atoms with Gasteiger partial charge in [0.15, 0.2) is 0 Å². The van der Waals surface area contributed by atoms with Crippen molar-refractivity contribution < 1.29 is 4.74 Å². The van der Waals surface area contributed by atoms with Crippen LogP contribution in [-0.2, 0) is 6.42 Å². The Labute approximate surface area is 140 Å². The minimum Gasteiger partial charge on any atom is -0.493 e. The molecule has 0 spiro atoms. The Bertz CT molecular complexity index is 670. The zero-order valence-electron chi connectivity index (χ0n) is 10.9. The van der Waals surface area contributed by atoms with Crippen LogP contribution in [0.3, 0.4) is 0 Å². The van der Waals surface area contributed by atoms with E-state index < -0.39 is 0 Å². The molecule has 104 valence electrons. The van der Waals surface area contributed by atoms with Crippen LogP contribution in [0.2, 0.25) is 5.02 Å². The molecule has 0 fully saturated rings. The van der Waals surface area contributed by atoms with Crippen LogP contribution in [0.5, 0.6) is 5.75 Å². The SMILES string of the molecule is Cc1cc(C(Br)c2cc(Cl)cc3c2OCC3)ccc1Br. The lowest BCUT2D eigenvalue weighted by Gasteiger charge is -2.16. The van der Waals surface area contributed by atoms with Crippen LogP contribution in [-0.4, -0.2) is 6.61 Å². The fraction of sp³-hybridized carbons (Fsp3) is 0.250. The number of ether oxygens (including phenoxy) is 1. The highest BCUT2D eigenvalue weighted by molar-refractivity contribution is 9.10. The normalized spacial score (nSPS) is 14.8. The van der Waals surface area contributed by atoms with Crippen LogP contribution in [0.25, 0.3) is 0 Å². The molecule has 2 aromatic rings. The minimum atomic E-state index is 0.0832. The summed E-state index contributed by atoms with van der Waals surface area (Å²) in [5.74, 6) is 0.983. The highest BCUT2D eigenvalue weighted by Gasteiger charge is 2.23. The van der Waals surface area contributed by atoms with Crippen molar-refractivity contribution in [2.75, 3.05) is 6.61 Å². The van der Waals surface area contributed by atoms with Gasteiger partial charge >= 0.3 is 0 Å². The maximum Gasteiger partial charge on any atom is 0.127 e. The summed E-state index contributed by atoms with van der Waals surface area (Å²) >= 11 is 13.6. The molecule has 0 aliphatic carbocycles. The van der Waals surface area contributed by atoms with Crippen LogP contribution in [0, 0.1) is 6.92 Å². The molecule has 1 unspecified atom stereocenters. The molecule has 4 heteroatoms. The summed E-state index contributed by atoms with van der Waals surface area (Å²) in [5, 5.41) is 0.766. The Morgan fingerprint density at radius 1 is 1.25 bits per heavy atom. The van der Waals surface area contributed by atoms with Gasteiger partial charge in [-0.15, -0.1) is 0 Å². The molecule has 1 atom stereocenters. The van der Waals surface area contributed by atoms with Gasteiger partial charge in [-0.2, -0.15) is 0 Å². The summed E-state index contributed by atoms with van der Waals surface area (Å²) in [6, 6.07) is 10.3. The van der Waals surface area contributed by atoms with Crippen LogP contribution in [0.1, 0.15) is 27.1 Å². The second kappa shape index (κ2) is 5.70. The first-order valence-corrected chi connectivity index (χ1v) is 8.50. The third-order valence-corrected chi connectivity index (χ3v) is 5.65. The highest BCUT2D eigenvalue weighted by atomic mass is 79.9. The summed E-state index contributed by atoms with van der Waals surface area (Å²) in [5.41, 5.74) is 4.72. The van der Waals surface area contributed by atoms with Gasteiger partial charge in [-0.3, -0.25) is 0 Å². The number of fused-ring (bicyclic) bond motifs is 1. The maximum atomic E-state index is 6.23. The molecule has 1 heterocycles. The van der Waals surface area contributed by atoms with Gasteiger partial charge in [0, 0.05) is 21.5 Å². The highest BCUT2D eigenvalue weighted by Crippen LogP contribution is 2.42. The fourth-order valence-corrected chi connectivity index (χ4v) is 3.61. The smallest absolute Gasteiger partial charge is 0.127 e. The molecule has 1 aliphatic rings. The molecule has 0 bridgehead atoms. The van der Waals surface area contributed by atoms with E-state index in [1.807, 2.05) is 12.1 Å². The Morgan fingerprint density at radius 3 is 2.80 bits per heavy atom. The zero-order valence-corrected chi connectivity index (χ0v) is 14.8. The van der Waals surface area contributed by atoms with Gasteiger partial charge in [-0.1, -0.05) is 55.6 Å². The number of benzene rings is 2. The first kappa shape index (κ1) is 14.4. The van der Waals surface area contributed by atoms with Crippen molar-refractivity contribution in [1.29, 1.82) is 0 Å². The first-order valence-electron chi connectivity index (χ1n) is 6.41. The quantitative estimate of drug-likeness (QED) is 0.560. The molecule has 1 aliphatic heterocycles. The van der Waals surface area contributed by atoms with Crippen LogP contribution >= 0.6 is 43.5 Å². The number of hydrogen-bond donors (Lipinski definition) is 0. The third-order valence-electron chi connectivity index (χ3n) is 3.52. The fourth-order valence-electron chi connectivity index (χ4n) is 2.49. The van der Waals surface area contributed by atoms with Gasteiger partial charge in [0.1, 0.15) is 5.75 Å². The van der Waals surface area contributed by atoms with Crippen molar-refractivity contribution in [3.05, 3.63) is 62.1 Å². The van der Waals surface area contributed by atoms with Crippen molar-refractivity contribution in [2.45, 2.75) is 18.2 Å². The molecule has 0 amide bonds. The third kappa shape index (κ3) is 2.63. The molecule has 0 saturated carbocycles. The molecular weight excluding hydrogens is 403 g/mol. The maximum absolute atomic E-state index is 6.23. The van der Waals surface area contributed by atoms with Crippen LogP contribution in [0.15, 0.2) is 34.8 Å². The van der Waals surface area contributed by atoms with E-state index >= 15 is 0 Å². The number of alkyl halides is 1. The lowest BCUT2D eigenvalue weighted by molar-refractivity contribution is 0.354. The van der Waals surface area contributed by atoms with Gasteiger partial charge < -0.3 is 4.74 Å². The average molecular weight is 417 g/mol. The van der Waals surface area contributed by atoms with E-state index in [1.54, 1.807) is 0 Å². The van der Waals surface area contributed by atoms with E-state index in [0.717, 1.165) is 33.8 Å². The van der Waals surface area contributed by atoms with E-state index in [-0.39, 0.29) is 4.83 Å². The van der Waals surface area contributed by atoms with Crippen molar-refractivity contribution in [1.82, 2.24) is 0 Å². The van der Waals surface area contributed by atoms with Crippen LogP contribution < -0.4 is 4.74 Å². The lowest BCUT2D eigenvalue weighted by Crippen LogP contribution is -1.98. The Balaban J connectivity index is 2.06. The number of halogens is 3. The van der Waals surface area contributed by atoms with E-state index in [0.29, 0.717) is 0 Å². The predicted molar refractivity (Wildman–Crippen MR) is 90.3 cm³/mol. The van der Waals surface area contributed by atoms with Gasteiger partial charge in [0.05, 0.1) is 11.4 Å². The van der Waals surface area contributed by atoms with E-state index in [2.05, 4.69) is 57.0 Å². The van der Waals surface area contributed by atoms with Crippen molar-refractivity contribution in [3.63, 3.8) is 0 Å². The predicted octanol–water partition coefficient (Wildman–Crippen LogP) is 5.83. The van der Waals surface area contributed by atoms with E-state index in [4.69, 9.17) is 16.3 Å². The summed E-state index contributed by atoms with van der Waals surface area (Å²) in [6.07, 6.45) is 0.933. The summed E-state index contributed by atoms with van der Waals surface area (Å²) in [7, 11) is 0. The van der Waals surface area contributed by atoms with Crippen LogP contribution in [0.4, 0.5) is 0 Å². The van der Waals surface area contributed by atoms with Gasteiger partial charge in [-0.25, -0.2) is 0 Å². The summed E-state index contributed by atoms with van der Waals surface area (Å²) in [6.45, 7) is 2.83. The summed E-state index contributed by atoms with van der Waals surface area (Å²) in [4.78, 5) is 0.0832. The molecule has 0 aromatic heterocycles. The zero-order chi connectivity index (χ0) is 14.3. The van der Waals surface area contributed by atoms with Crippen molar-refractivity contribution in [3.8, 4) is 5.75 Å². The van der Waals surface area contributed by atoms with Gasteiger partial charge in [-0.05, 0) is 41.8 Å². The average Bonchev–Trinajstić information content (AvgIpc) is 2.88. The molecular formula is C16H13Br2ClO. The van der Waals surface area contributed by atoms with Crippen molar-refractivity contribution in [2.24, 2.45) is 0 Å². The van der Waals surface area contributed by atoms with Crippen molar-refractivity contribution >= 4 is 43.5 Å². The van der Waals surface area contributed by atoms with Gasteiger partial charge in [0.25, 0.3) is 0 Å².